The highest BCUT2D eigenvalue weighted by atomic mass is 32.2. The number of hydrogen-bond donors (Lipinski definition) is 0. The van der Waals surface area contributed by atoms with E-state index >= 15 is 0 Å². The number of Topliss-reactive ketones (excluding diaryl/α,β-unsaturated/α-hetero) is 1. The Hall–Kier alpha value is -1.49. The molecule has 18 heavy (non-hydrogen) atoms. The van der Waals surface area contributed by atoms with Gasteiger partial charge in [0.2, 0.25) is 0 Å². The first-order valence-electron chi connectivity index (χ1n) is 5.49. The summed E-state index contributed by atoms with van der Waals surface area (Å²) < 4.78 is 22.1. The van der Waals surface area contributed by atoms with Crippen molar-refractivity contribution < 1.29 is 18.0 Å². The second-order valence-corrected chi connectivity index (χ2v) is 6.72. The van der Waals surface area contributed by atoms with Crippen LogP contribution in [-0.4, -0.2) is 32.0 Å². The first kappa shape index (κ1) is 14.6. The lowest BCUT2D eigenvalue weighted by atomic mass is 9.77. The van der Waals surface area contributed by atoms with E-state index in [1.807, 2.05) is 0 Å². The highest BCUT2D eigenvalue weighted by molar-refractivity contribution is 7.91. The minimum absolute atomic E-state index is 0.0619. The normalized spacial score (nSPS) is 17.7. The van der Waals surface area contributed by atoms with Crippen molar-refractivity contribution >= 4 is 21.4 Å². The van der Waals surface area contributed by atoms with E-state index in [2.05, 4.69) is 6.58 Å². The third-order valence-electron chi connectivity index (χ3n) is 2.63. The number of sulfone groups is 1. The van der Waals surface area contributed by atoms with Gasteiger partial charge >= 0.3 is 0 Å². The van der Waals surface area contributed by atoms with Crippen molar-refractivity contribution in [3.63, 3.8) is 0 Å². The minimum Gasteiger partial charge on any atom is -0.299 e. The van der Waals surface area contributed by atoms with Gasteiger partial charge in [-0.05, 0) is 18.6 Å². The van der Waals surface area contributed by atoms with Crippen LogP contribution in [0.5, 0.6) is 0 Å². The molecule has 0 N–H and O–H groups in total. The largest absolute Gasteiger partial charge is 0.299 e. The van der Waals surface area contributed by atoms with E-state index in [1.54, 1.807) is 18.2 Å². The van der Waals surface area contributed by atoms with Gasteiger partial charge in [0.25, 0.3) is 0 Å². The van der Waals surface area contributed by atoms with E-state index in [1.165, 1.54) is 12.2 Å². The number of rotatable bonds is 6. The molecule has 1 rings (SSSR count). The lowest BCUT2D eigenvalue weighted by Gasteiger charge is -2.26. The Morgan fingerprint density at radius 3 is 2.39 bits per heavy atom. The predicted octanol–water partition coefficient (Wildman–Crippen LogP) is 1.25. The molecular formula is C13H16O4S. The Balaban J connectivity index is 2.85. The molecule has 0 aliphatic heterocycles. The number of carbonyl (C=O) groups is 2. The Labute approximate surface area is 107 Å². The van der Waals surface area contributed by atoms with Crippen LogP contribution in [0.25, 0.3) is 0 Å². The molecule has 0 fully saturated rings. The van der Waals surface area contributed by atoms with E-state index in [0.29, 0.717) is 6.42 Å². The summed E-state index contributed by atoms with van der Waals surface area (Å²) >= 11 is 0. The van der Waals surface area contributed by atoms with Gasteiger partial charge < -0.3 is 0 Å². The van der Waals surface area contributed by atoms with Crippen LogP contribution in [0.15, 0.2) is 37.0 Å². The molecule has 0 atom stereocenters. The molecule has 0 amide bonds. The molecule has 0 saturated heterocycles. The van der Waals surface area contributed by atoms with Gasteiger partial charge in [-0.15, -0.1) is 6.58 Å². The molecule has 0 spiro atoms. The van der Waals surface area contributed by atoms with Gasteiger partial charge in [-0.25, -0.2) is 8.42 Å². The van der Waals surface area contributed by atoms with E-state index in [-0.39, 0.29) is 18.0 Å². The van der Waals surface area contributed by atoms with E-state index in [4.69, 9.17) is 0 Å². The summed E-state index contributed by atoms with van der Waals surface area (Å²) in [6.07, 6.45) is 9.33. The maximum Gasteiger partial charge on any atom is 0.178 e. The Morgan fingerprint density at radius 2 is 1.94 bits per heavy atom. The number of allylic oxidation sites excluding steroid dienone is 5. The lowest BCUT2D eigenvalue weighted by molar-refractivity contribution is -0.118. The molecule has 0 unspecified atom stereocenters. The zero-order valence-electron chi connectivity index (χ0n) is 10.3. The van der Waals surface area contributed by atoms with E-state index < -0.39 is 21.0 Å². The Kier molecular flexibility index (Phi) is 4.40. The molecule has 1 aliphatic rings. The van der Waals surface area contributed by atoms with Gasteiger partial charge in [-0.3, -0.25) is 9.59 Å². The summed E-state index contributed by atoms with van der Waals surface area (Å²) in [5.74, 6) is -0.963. The molecule has 1 aliphatic carbocycles. The second-order valence-electron chi connectivity index (χ2n) is 4.58. The summed E-state index contributed by atoms with van der Waals surface area (Å²) in [7, 11) is -3.32. The van der Waals surface area contributed by atoms with Crippen molar-refractivity contribution in [1.29, 1.82) is 0 Å². The van der Waals surface area contributed by atoms with Crippen molar-refractivity contribution in [2.45, 2.75) is 12.8 Å². The Bertz CT molecular complexity index is 507. The smallest absolute Gasteiger partial charge is 0.178 e. The summed E-state index contributed by atoms with van der Waals surface area (Å²) in [5.41, 5.74) is -0.614. The van der Waals surface area contributed by atoms with Crippen LogP contribution in [0, 0.1) is 5.41 Å². The van der Waals surface area contributed by atoms with Crippen LogP contribution in [0.1, 0.15) is 12.8 Å². The van der Waals surface area contributed by atoms with Crippen LogP contribution in [0.4, 0.5) is 0 Å². The van der Waals surface area contributed by atoms with Gasteiger partial charge in [0, 0.05) is 18.1 Å². The molecule has 5 heteroatoms. The van der Waals surface area contributed by atoms with Crippen molar-refractivity contribution in [3.8, 4) is 0 Å². The fourth-order valence-corrected chi connectivity index (χ4v) is 2.60. The lowest BCUT2D eigenvalue weighted by Crippen LogP contribution is -2.25. The molecular weight excluding hydrogens is 252 g/mol. The number of carbonyl (C=O) groups excluding carboxylic acids is 2. The third kappa shape index (κ3) is 4.41. The summed E-state index contributed by atoms with van der Waals surface area (Å²) in [5, 5.41) is 0. The fourth-order valence-electron chi connectivity index (χ4n) is 1.91. The molecule has 4 nitrogen and oxygen atoms in total. The monoisotopic (exact) mass is 268 g/mol. The fraction of sp³-hybridized carbons (Fsp3) is 0.385. The maximum absolute atomic E-state index is 11.7. The van der Waals surface area contributed by atoms with Crippen LogP contribution >= 0.6 is 0 Å². The highest BCUT2D eigenvalue weighted by Crippen LogP contribution is 2.33. The molecule has 0 aromatic heterocycles. The quantitative estimate of drug-likeness (QED) is 0.680. The standard InChI is InChI=1S/C13H16O4S/c1-3-6-13(7-4-11(14)5-8-13)9-12(15)10-18(2,16)17/h3-5,7-8H,1,6,9-10H2,2H3. The minimum atomic E-state index is -3.32. The second kappa shape index (κ2) is 5.44. The Morgan fingerprint density at radius 1 is 1.39 bits per heavy atom. The molecule has 0 aromatic carbocycles. The van der Waals surface area contributed by atoms with E-state index in [0.717, 1.165) is 6.26 Å². The molecule has 98 valence electrons. The first-order valence-corrected chi connectivity index (χ1v) is 7.55. The number of hydrogen-bond acceptors (Lipinski definition) is 4. The average Bonchev–Trinajstić information content (AvgIpc) is 2.20. The maximum atomic E-state index is 11.7. The first-order chi connectivity index (χ1) is 8.26. The third-order valence-corrected chi connectivity index (χ3v) is 3.48. The highest BCUT2D eigenvalue weighted by Gasteiger charge is 2.29. The van der Waals surface area contributed by atoms with E-state index in [9.17, 15) is 18.0 Å². The molecule has 0 heterocycles. The van der Waals surface area contributed by atoms with Crippen molar-refractivity contribution in [3.05, 3.63) is 37.0 Å². The molecule has 0 saturated carbocycles. The summed E-state index contributed by atoms with van der Waals surface area (Å²) in [4.78, 5) is 22.8. The molecule has 0 radical (unpaired) electrons. The van der Waals surface area contributed by atoms with Crippen LogP contribution in [0.3, 0.4) is 0 Å². The average molecular weight is 268 g/mol. The van der Waals surface area contributed by atoms with Crippen molar-refractivity contribution in [2.75, 3.05) is 12.0 Å². The zero-order valence-corrected chi connectivity index (χ0v) is 11.1. The van der Waals surface area contributed by atoms with Gasteiger partial charge in [-0.2, -0.15) is 0 Å². The SMILES string of the molecule is C=CCC1(CC(=O)CS(C)(=O)=O)C=CC(=O)C=C1. The van der Waals surface area contributed by atoms with Gasteiger partial charge in [0.05, 0.1) is 0 Å². The topological polar surface area (TPSA) is 68.3 Å². The van der Waals surface area contributed by atoms with Gasteiger partial charge in [0.15, 0.2) is 15.6 Å². The van der Waals surface area contributed by atoms with Gasteiger partial charge in [-0.1, -0.05) is 18.2 Å². The van der Waals surface area contributed by atoms with Crippen molar-refractivity contribution in [2.24, 2.45) is 5.41 Å². The predicted molar refractivity (Wildman–Crippen MR) is 69.9 cm³/mol. The number of ketones is 2. The van der Waals surface area contributed by atoms with Crippen LogP contribution < -0.4 is 0 Å². The van der Waals surface area contributed by atoms with Gasteiger partial charge in [0.1, 0.15) is 11.5 Å². The molecule has 0 bridgehead atoms. The molecule has 0 aromatic rings. The van der Waals surface area contributed by atoms with Crippen LogP contribution in [-0.2, 0) is 19.4 Å². The van der Waals surface area contributed by atoms with Crippen LogP contribution in [0.2, 0.25) is 0 Å². The summed E-state index contributed by atoms with van der Waals surface area (Å²) in [6, 6.07) is 0. The zero-order chi connectivity index (χ0) is 13.8. The summed E-state index contributed by atoms with van der Waals surface area (Å²) in [6.45, 7) is 3.62. The van der Waals surface area contributed by atoms with Crippen molar-refractivity contribution in [1.82, 2.24) is 0 Å².